The molecule has 0 rings (SSSR count). The minimum absolute atomic E-state index is 0.211. The summed E-state index contributed by atoms with van der Waals surface area (Å²) in [5.41, 5.74) is 0. The molecule has 1 N–H and O–H groups in total. The van der Waals surface area contributed by atoms with Crippen LogP contribution in [0, 0.1) is 11.8 Å². The lowest BCUT2D eigenvalue weighted by Gasteiger charge is -2.16. The van der Waals surface area contributed by atoms with E-state index >= 15 is 0 Å². The Balaban J connectivity index is 3.60. The SMILES string of the molecule is C=C[C@H](C)[C@H](O)CC(C)C. The van der Waals surface area contributed by atoms with Gasteiger partial charge in [0, 0.05) is 0 Å². The van der Waals surface area contributed by atoms with Crippen molar-refractivity contribution in [3.05, 3.63) is 12.7 Å². The molecule has 0 saturated carbocycles. The van der Waals surface area contributed by atoms with Crippen LogP contribution >= 0.6 is 0 Å². The molecule has 1 heteroatoms. The van der Waals surface area contributed by atoms with E-state index in [0.29, 0.717) is 5.92 Å². The number of rotatable bonds is 4. The zero-order valence-corrected chi connectivity index (χ0v) is 7.17. The second-order valence-corrected chi connectivity index (χ2v) is 3.29. The van der Waals surface area contributed by atoms with Crippen LogP contribution in [0.5, 0.6) is 0 Å². The minimum Gasteiger partial charge on any atom is -0.393 e. The van der Waals surface area contributed by atoms with Gasteiger partial charge in [0.05, 0.1) is 6.10 Å². The molecule has 2 atom stereocenters. The fourth-order valence-corrected chi connectivity index (χ4v) is 0.855. The van der Waals surface area contributed by atoms with Gasteiger partial charge in [0.2, 0.25) is 0 Å². The molecule has 0 heterocycles. The topological polar surface area (TPSA) is 20.2 Å². The Kier molecular flexibility index (Phi) is 4.37. The van der Waals surface area contributed by atoms with Gasteiger partial charge in [-0.2, -0.15) is 0 Å². The van der Waals surface area contributed by atoms with Crippen molar-refractivity contribution in [1.29, 1.82) is 0 Å². The van der Waals surface area contributed by atoms with E-state index in [1.54, 1.807) is 6.08 Å². The van der Waals surface area contributed by atoms with Crippen molar-refractivity contribution >= 4 is 0 Å². The van der Waals surface area contributed by atoms with Crippen LogP contribution in [-0.4, -0.2) is 11.2 Å². The second-order valence-electron chi connectivity index (χ2n) is 3.29. The Bertz CT molecular complexity index is 96.9. The Labute approximate surface area is 63.8 Å². The molecule has 0 amide bonds. The van der Waals surface area contributed by atoms with E-state index in [-0.39, 0.29) is 12.0 Å². The first-order valence-electron chi connectivity index (χ1n) is 3.88. The molecule has 0 aromatic heterocycles. The Morgan fingerprint density at radius 2 is 1.90 bits per heavy atom. The van der Waals surface area contributed by atoms with Gasteiger partial charge in [-0.1, -0.05) is 26.8 Å². The molecule has 0 saturated heterocycles. The molecular weight excluding hydrogens is 124 g/mol. The van der Waals surface area contributed by atoms with Crippen LogP contribution < -0.4 is 0 Å². The molecule has 0 aliphatic heterocycles. The van der Waals surface area contributed by atoms with Crippen LogP contribution in [0.2, 0.25) is 0 Å². The molecule has 0 spiro atoms. The first-order valence-corrected chi connectivity index (χ1v) is 3.88. The summed E-state index contributed by atoms with van der Waals surface area (Å²) in [6.07, 6.45) is 2.46. The zero-order valence-electron chi connectivity index (χ0n) is 7.17. The molecule has 0 fully saturated rings. The first-order chi connectivity index (χ1) is 4.57. The third-order valence-electron chi connectivity index (χ3n) is 1.69. The molecule has 0 radical (unpaired) electrons. The largest absolute Gasteiger partial charge is 0.393 e. The van der Waals surface area contributed by atoms with Gasteiger partial charge in [-0.25, -0.2) is 0 Å². The van der Waals surface area contributed by atoms with E-state index in [1.165, 1.54) is 0 Å². The maximum Gasteiger partial charge on any atom is 0.0602 e. The summed E-state index contributed by atoms with van der Waals surface area (Å²) in [5.74, 6) is 0.791. The van der Waals surface area contributed by atoms with Crippen molar-refractivity contribution in [3.8, 4) is 0 Å². The van der Waals surface area contributed by atoms with Gasteiger partial charge < -0.3 is 5.11 Å². The van der Waals surface area contributed by atoms with E-state index in [9.17, 15) is 5.11 Å². The molecule has 0 aromatic rings. The monoisotopic (exact) mass is 142 g/mol. The zero-order chi connectivity index (χ0) is 8.15. The van der Waals surface area contributed by atoms with Crippen LogP contribution in [0.25, 0.3) is 0 Å². The maximum atomic E-state index is 9.42. The summed E-state index contributed by atoms with van der Waals surface area (Å²) in [7, 11) is 0. The molecule has 0 bridgehead atoms. The van der Waals surface area contributed by atoms with Gasteiger partial charge in [0.15, 0.2) is 0 Å². The Morgan fingerprint density at radius 3 is 2.20 bits per heavy atom. The highest BCUT2D eigenvalue weighted by molar-refractivity contribution is 4.81. The summed E-state index contributed by atoms with van der Waals surface area (Å²) < 4.78 is 0. The third kappa shape index (κ3) is 3.67. The van der Waals surface area contributed by atoms with Gasteiger partial charge in [0.25, 0.3) is 0 Å². The lowest BCUT2D eigenvalue weighted by molar-refractivity contribution is 0.114. The molecule has 60 valence electrons. The highest BCUT2D eigenvalue weighted by Crippen LogP contribution is 2.12. The average Bonchev–Trinajstić information content (AvgIpc) is 1.85. The van der Waals surface area contributed by atoms with Crippen LogP contribution in [0.15, 0.2) is 12.7 Å². The average molecular weight is 142 g/mol. The summed E-state index contributed by atoms with van der Waals surface area (Å²) >= 11 is 0. The molecule has 10 heavy (non-hydrogen) atoms. The van der Waals surface area contributed by atoms with E-state index in [0.717, 1.165) is 6.42 Å². The van der Waals surface area contributed by atoms with Crippen LogP contribution in [0.4, 0.5) is 0 Å². The quantitative estimate of drug-likeness (QED) is 0.597. The lowest BCUT2D eigenvalue weighted by Crippen LogP contribution is -2.17. The van der Waals surface area contributed by atoms with E-state index < -0.39 is 0 Å². The smallest absolute Gasteiger partial charge is 0.0602 e. The van der Waals surface area contributed by atoms with E-state index in [1.807, 2.05) is 6.92 Å². The number of hydrogen-bond acceptors (Lipinski definition) is 1. The highest BCUT2D eigenvalue weighted by Gasteiger charge is 2.11. The second kappa shape index (κ2) is 4.51. The summed E-state index contributed by atoms with van der Waals surface area (Å²) in [4.78, 5) is 0. The van der Waals surface area contributed by atoms with Gasteiger partial charge in [-0.15, -0.1) is 6.58 Å². The molecule has 0 aromatic carbocycles. The van der Waals surface area contributed by atoms with Crippen molar-refractivity contribution in [2.75, 3.05) is 0 Å². The third-order valence-corrected chi connectivity index (χ3v) is 1.69. The van der Waals surface area contributed by atoms with E-state index in [4.69, 9.17) is 0 Å². The lowest BCUT2D eigenvalue weighted by atomic mass is 9.96. The van der Waals surface area contributed by atoms with Gasteiger partial charge in [0.1, 0.15) is 0 Å². The van der Waals surface area contributed by atoms with Gasteiger partial charge >= 0.3 is 0 Å². The summed E-state index contributed by atoms with van der Waals surface area (Å²) in [6, 6.07) is 0. The summed E-state index contributed by atoms with van der Waals surface area (Å²) in [6.45, 7) is 9.84. The molecular formula is C9H18O. The van der Waals surface area contributed by atoms with Crippen molar-refractivity contribution in [2.24, 2.45) is 11.8 Å². The van der Waals surface area contributed by atoms with Crippen molar-refractivity contribution < 1.29 is 5.11 Å². The van der Waals surface area contributed by atoms with Crippen molar-refractivity contribution in [1.82, 2.24) is 0 Å². The standard InChI is InChI=1S/C9H18O/c1-5-8(4)9(10)6-7(2)3/h5,7-10H,1,6H2,2-4H3/t8-,9+/m0/s1. The Morgan fingerprint density at radius 1 is 1.40 bits per heavy atom. The maximum absolute atomic E-state index is 9.42. The molecule has 0 aliphatic rings. The molecule has 1 nitrogen and oxygen atoms in total. The minimum atomic E-state index is -0.211. The van der Waals surface area contributed by atoms with Crippen molar-refractivity contribution in [3.63, 3.8) is 0 Å². The normalized spacial score (nSPS) is 16.9. The Hall–Kier alpha value is -0.300. The molecule has 0 aliphatic carbocycles. The van der Waals surface area contributed by atoms with Crippen LogP contribution in [0.3, 0.4) is 0 Å². The molecule has 0 unspecified atom stereocenters. The summed E-state index contributed by atoms with van der Waals surface area (Å²) in [5, 5.41) is 9.42. The van der Waals surface area contributed by atoms with Crippen LogP contribution in [-0.2, 0) is 0 Å². The number of hydrogen-bond donors (Lipinski definition) is 1. The predicted octanol–water partition coefficient (Wildman–Crippen LogP) is 2.22. The first kappa shape index (κ1) is 9.70. The fourth-order valence-electron chi connectivity index (χ4n) is 0.855. The van der Waals surface area contributed by atoms with Gasteiger partial charge in [-0.05, 0) is 18.3 Å². The highest BCUT2D eigenvalue weighted by atomic mass is 16.3. The van der Waals surface area contributed by atoms with Gasteiger partial charge in [-0.3, -0.25) is 0 Å². The van der Waals surface area contributed by atoms with E-state index in [2.05, 4.69) is 20.4 Å². The number of aliphatic hydroxyl groups is 1. The predicted molar refractivity (Wildman–Crippen MR) is 44.8 cm³/mol. The fraction of sp³-hybridized carbons (Fsp3) is 0.778. The van der Waals surface area contributed by atoms with Crippen molar-refractivity contribution in [2.45, 2.75) is 33.3 Å². The number of aliphatic hydroxyl groups excluding tert-OH is 1. The van der Waals surface area contributed by atoms with Crippen LogP contribution in [0.1, 0.15) is 27.2 Å².